The first-order valence-electron chi connectivity index (χ1n) is 10.6. The van der Waals surface area contributed by atoms with Gasteiger partial charge in [-0.1, -0.05) is 16.8 Å². The number of hydrogen-bond acceptors (Lipinski definition) is 7. The van der Waals surface area contributed by atoms with Crippen molar-refractivity contribution in [3.8, 4) is 11.4 Å². The fourth-order valence-electron chi connectivity index (χ4n) is 4.06. The number of primary amides is 1. The minimum absolute atomic E-state index is 0.0731. The van der Waals surface area contributed by atoms with Crippen LogP contribution in [0.15, 0.2) is 28.8 Å². The average Bonchev–Trinajstić information content (AvgIpc) is 3.24. The molecule has 10 heteroatoms. The van der Waals surface area contributed by atoms with Gasteiger partial charge in [-0.05, 0) is 37.1 Å². The Morgan fingerprint density at radius 3 is 2.52 bits per heavy atom. The fraction of sp³-hybridized carbons (Fsp3) is 0.524. The van der Waals surface area contributed by atoms with E-state index in [1.165, 1.54) is 0 Å². The number of rotatable bonds is 6. The molecule has 0 saturated carbocycles. The van der Waals surface area contributed by atoms with Crippen LogP contribution in [0.1, 0.15) is 18.7 Å². The number of likely N-dealkylation sites (tertiary alicyclic amines) is 1. The van der Waals surface area contributed by atoms with Crippen LogP contribution in [0.25, 0.3) is 11.4 Å². The van der Waals surface area contributed by atoms with Crippen LogP contribution in [0.4, 0.5) is 0 Å². The van der Waals surface area contributed by atoms with Gasteiger partial charge in [-0.15, -0.1) is 0 Å². The highest BCUT2D eigenvalue weighted by atomic mass is 35.5. The molecule has 4 rings (SSSR count). The average molecular weight is 447 g/mol. The van der Waals surface area contributed by atoms with Crippen molar-refractivity contribution >= 4 is 23.4 Å². The number of amides is 2. The summed E-state index contributed by atoms with van der Waals surface area (Å²) in [7, 11) is 0. The topological polar surface area (TPSA) is 109 Å². The van der Waals surface area contributed by atoms with Crippen LogP contribution in [0.5, 0.6) is 0 Å². The van der Waals surface area contributed by atoms with Crippen LogP contribution in [0, 0.1) is 5.92 Å². The zero-order valence-electron chi connectivity index (χ0n) is 17.4. The maximum Gasteiger partial charge on any atom is 0.241 e. The number of nitrogens with two attached hydrogens (primary N) is 1. The number of carbonyl (C=O) groups is 2. The van der Waals surface area contributed by atoms with Crippen LogP contribution in [0.3, 0.4) is 0 Å². The number of piperazine rings is 1. The highest BCUT2D eigenvalue weighted by Crippen LogP contribution is 2.20. The molecule has 9 nitrogen and oxygen atoms in total. The molecule has 166 valence electrons. The van der Waals surface area contributed by atoms with Gasteiger partial charge in [0.05, 0.1) is 19.0 Å². The molecular weight excluding hydrogens is 420 g/mol. The SMILES string of the molecule is NC(=O)C1CCCN(C(=O)CN2CCN(Cc3nc(-c4ccc(Cl)cc4)no3)CC2)C1. The number of hydrogen-bond donors (Lipinski definition) is 1. The highest BCUT2D eigenvalue weighted by molar-refractivity contribution is 6.30. The van der Waals surface area contributed by atoms with Crippen molar-refractivity contribution < 1.29 is 14.1 Å². The summed E-state index contributed by atoms with van der Waals surface area (Å²) < 4.78 is 5.40. The van der Waals surface area contributed by atoms with Crippen LogP contribution < -0.4 is 5.73 Å². The monoisotopic (exact) mass is 446 g/mol. The minimum Gasteiger partial charge on any atom is -0.369 e. The first kappa shape index (κ1) is 21.7. The summed E-state index contributed by atoms with van der Waals surface area (Å²) in [4.78, 5) is 34.7. The van der Waals surface area contributed by atoms with E-state index >= 15 is 0 Å². The van der Waals surface area contributed by atoms with E-state index in [9.17, 15) is 9.59 Å². The summed E-state index contributed by atoms with van der Waals surface area (Å²) >= 11 is 5.92. The van der Waals surface area contributed by atoms with Crippen molar-refractivity contribution in [3.63, 3.8) is 0 Å². The van der Waals surface area contributed by atoms with Crippen molar-refractivity contribution in [1.29, 1.82) is 0 Å². The number of benzene rings is 1. The van der Waals surface area contributed by atoms with E-state index in [4.69, 9.17) is 21.9 Å². The molecule has 2 N–H and O–H groups in total. The summed E-state index contributed by atoms with van der Waals surface area (Å²) in [5.74, 6) is 0.656. The molecule has 0 spiro atoms. The summed E-state index contributed by atoms with van der Waals surface area (Å²) in [5.41, 5.74) is 6.28. The third-order valence-electron chi connectivity index (χ3n) is 5.93. The minimum atomic E-state index is -0.314. The van der Waals surface area contributed by atoms with Crippen molar-refractivity contribution in [1.82, 2.24) is 24.8 Å². The smallest absolute Gasteiger partial charge is 0.241 e. The molecule has 0 radical (unpaired) electrons. The van der Waals surface area contributed by atoms with Gasteiger partial charge in [0.2, 0.25) is 23.5 Å². The van der Waals surface area contributed by atoms with Crippen molar-refractivity contribution in [2.24, 2.45) is 11.7 Å². The van der Waals surface area contributed by atoms with Gasteiger partial charge in [0.1, 0.15) is 0 Å². The lowest BCUT2D eigenvalue weighted by Crippen LogP contribution is -2.51. The van der Waals surface area contributed by atoms with E-state index in [-0.39, 0.29) is 17.7 Å². The van der Waals surface area contributed by atoms with Gasteiger partial charge in [-0.3, -0.25) is 19.4 Å². The number of nitrogens with zero attached hydrogens (tertiary/aromatic N) is 5. The Morgan fingerprint density at radius 2 is 1.81 bits per heavy atom. The molecule has 0 aliphatic carbocycles. The van der Waals surface area contributed by atoms with Crippen LogP contribution in [0.2, 0.25) is 5.02 Å². The van der Waals surface area contributed by atoms with Gasteiger partial charge in [-0.25, -0.2) is 0 Å². The lowest BCUT2D eigenvalue weighted by atomic mass is 9.97. The Balaban J connectivity index is 1.23. The molecule has 1 atom stereocenters. The number of piperidine rings is 1. The van der Waals surface area contributed by atoms with Crippen LogP contribution in [-0.2, 0) is 16.1 Å². The summed E-state index contributed by atoms with van der Waals surface area (Å²) in [6.45, 7) is 5.31. The Hall–Kier alpha value is -2.49. The predicted molar refractivity (Wildman–Crippen MR) is 115 cm³/mol. The molecule has 3 heterocycles. The second-order valence-corrected chi connectivity index (χ2v) is 8.59. The Labute approximate surface area is 186 Å². The molecule has 1 aromatic carbocycles. The lowest BCUT2D eigenvalue weighted by molar-refractivity contribution is -0.136. The van der Waals surface area contributed by atoms with Gasteiger partial charge < -0.3 is 15.2 Å². The summed E-state index contributed by atoms with van der Waals surface area (Å²) in [6, 6.07) is 7.32. The largest absolute Gasteiger partial charge is 0.369 e. The van der Waals surface area contributed by atoms with E-state index in [1.54, 1.807) is 17.0 Å². The third-order valence-corrected chi connectivity index (χ3v) is 6.18. The maximum absolute atomic E-state index is 12.6. The molecule has 31 heavy (non-hydrogen) atoms. The molecule has 1 unspecified atom stereocenters. The second-order valence-electron chi connectivity index (χ2n) is 8.15. The van der Waals surface area contributed by atoms with Gasteiger partial charge in [0.25, 0.3) is 0 Å². The number of halogens is 1. The first-order valence-corrected chi connectivity index (χ1v) is 11.0. The quantitative estimate of drug-likeness (QED) is 0.710. The number of carbonyl (C=O) groups excluding carboxylic acids is 2. The zero-order valence-corrected chi connectivity index (χ0v) is 18.1. The number of aromatic nitrogens is 2. The zero-order chi connectivity index (χ0) is 21.8. The predicted octanol–water partition coefficient (Wildman–Crippen LogP) is 1.23. The van der Waals surface area contributed by atoms with Crippen molar-refractivity contribution in [2.45, 2.75) is 19.4 Å². The lowest BCUT2D eigenvalue weighted by Gasteiger charge is -2.36. The molecule has 2 aromatic rings. The molecular formula is C21H27ClN6O3. The Kier molecular flexibility index (Phi) is 6.84. The fourth-order valence-corrected chi connectivity index (χ4v) is 4.19. The van der Waals surface area contributed by atoms with Crippen molar-refractivity contribution in [3.05, 3.63) is 35.2 Å². The van der Waals surface area contributed by atoms with Crippen molar-refractivity contribution in [2.75, 3.05) is 45.8 Å². The molecule has 2 amide bonds. The van der Waals surface area contributed by atoms with E-state index in [0.29, 0.717) is 42.9 Å². The molecule has 2 saturated heterocycles. The van der Waals surface area contributed by atoms with E-state index in [1.807, 2.05) is 12.1 Å². The maximum atomic E-state index is 12.6. The van der Waals surface area contributed by atoms with Crippen LogP contribution in [-0.4, -0.2) is 82.5 Å². The normalized spacial score (nSPS) is 20.7. The van der Waals surface area contributed by atoms with Gasteiger partial charge >= 0.3 is 0 Å². The first-order chi connectivity index (χ1) is 15.0. The van der Waals surface area contributed by atoms with Gasteiger partial charge in [0.15, 0.2) is 0 Å². The Morgan fingerprint density at radius 1 is 1.10 bits per heavy atom. The second kappa shape index (κ2) is 9.76. The van der Waals surface area contributed by atoms with Gasteiger partial charge in [-0.2, -0.15) is 4.98 Å². The Bertz CT molecular complexity index is 910. The van der Waals surface area contributed by atoms with E-state index in [2.05, 4.69) is 19.9 Å². The molecule has 2 aliphatic heterocycles. The highest BCUT2D eigenvalue weighted by Gasteiger charge is 2.28. The van der Waals surface area contributed by atoms with E-state index < -0.39 is 0 Å². The van der Waals surface area contributed by atoms with Crippen LogP contribution >= 0.6 is 11.6 Å². The molecule has 2 aliphatic rings. The summed E-state index contributed by atoms with van der Waals surface area (Å²) in [6.07, 6.45) is 1.60. The molecule has 2 fully saturated rings. The molecule has 0 bridgehead atoms. The van der Waals surface area contributed by atoms with Gasteiger partial charge in [0, 0.05) is 49.9 Å². The van der Waals surface area contributed by atoms with E-state index in [0.717, 1.165) is 44.6 Å². The third kappa shape index (κ3) is 5.61. The molecule has 1 aromatic heterocycles. The standard InChI is InChI=1S/C21H27ClN6O3/c22-17-5-3-15(4-6-17)21-24-18(31-25-21)13-26-8-10-27(11-9-26)14-19(29)28-7-1-2-16(12-28)20(23)30/h3-6,16H,1-2,7-14H2,(H2,23,30). The summed E-state index contributed by atoms with van der Waals surface area (Å²) in [5, 5.41) is 4.72.